The van der Waals surface area contributed by atoms with Crippen molar-refractivity contribution in [3.05, 3.63) is 53.2 Å². The Morgan fingerprint density at radius 1 is 1.17 bits per heavy atom. The van der Waals surface area contributed by atoms with E-state index in [1.165, 1.54) is 0 Å². The van der Waals surface area contributed by atoms with Gasteiger partial charge in [0.25, 0.3) is 5.91 Å². The Balaban J connectivity index is 2.31. The molecule has 0 radical (unpaired) electrons. The number of nitrogens with one attached hydrogen (secondary N) is 1. The Labute approximate surface area is 141 Å². The van der Waals surface area contributed by atoms with Gasteiger partial charge in [0.15, 0.2) is 5.89 Å². The van der Waals surface area contributed by atoms with Crippen LogP contribution in [0.3, 0.4) is 0 Å². The maximum Gasteiger partial charge on any atom is 0.289 e. The van der Waals surface area contributed by atoms with E-state index in [4.69, 9.17) is 4.42 Å². The Morgan fingerprint density at radius 2 is 1.79 bits per heavy atom. The summed E-state index contributed by atoms with van der Waals surface area (Å²) in [6, 6.07) is 8.44. The molecule has 0 aliphatic rings. The number of aromatic nitrogens is 1. The van der Waals surface area contributed by atoms with E-state index in [-0.39, 0.29) is 11.7 Å². The maximum atomic E-state index is 12.8. The number of oxazole rings is 1. The van der Waals surface area contributed by atoms with Crippen molar-refractivity contribution in [1.29, 1.82) is 0 Å². The molecule has 0 saturated heterocycles. The van der Waals surface area contributed by atoms with Crippen LogP contribution in [0.15, 0.2) is 34.7 Å². The van der Waals surface area contributed by atoms with Gasteiger partial charge < -0.3 is 14.6 Å². The van der Waals surface area contributed by atoms with Crippen molar-refractivity contribution in [2.24, 2.45) is 0 Å². The highest BCUT2D eigenvalue weighted by Crippen LogP contribution is 2.18. The molecule has 2 aromatic rings. The number of carbonyl (C=O) groups excluding carboxylic acids is 2. The van der Waals surface area contributed by atoms with E-state index in [0.29, 0.717) is 24.7 Å². The first-order valence-electron chi connectivity index (χ1n) is 8.06. The van der Waals surface area contributed by atoms with Crippen molar-refractivity contribution in [2.75, 3.05) is 13.1 Å². The fourth-order valence-corrected chi connectivity index (χ4v) is 2.59. The fraction of sp³-hybridized carbons (Fsp3) is 0.389. The molecule has 1 unspecified atom stereocenters. The van der Waals surface area contributed by atoms with Gasteiger partial charge in [-0.15, -0.1) is 0 Å². The number of carbonyl (C=O) groups is 2. The highest BCUT2D eigenvalue weighted by Gasteiger charge is 2.28. The Morgan fingerprint density at radius 3 is 2.29 bits per heavy atom. The van der Waals surface area contributed by atoms with E-state index < -0.39 is 11.9 Å². The standard InChI is InChI=1S/C18H23N3O3/c1-5-21(6-2)18(23)15(14-10-8-7-9-11-14)20-17(22)16-12(3)19-13(4)24-16/h7-11,15H,5-6H2,1-4H3,(H,20,22). The number of nitrogens with zero attached hydrogens (tertiary/aromatic N) is 2. The third-order valence-corrected chi connectivity index (χ3v) is 3.84. The fourth-order valence-electron chi connectivity index (χ4n) is 2.59. The Bertz CT molecular complexity index is 706. The van der Waals surface area contributed by atoms with Crippen molar-refractivity contribution >= 4 is 11.8 Å². The summed E-state index contributed by atoms with van der Waals surface area (Å²) in [4.78, 5) is 31.2. The first kappa shape index (κ1) is 17.7. The highest BCUT2D eigenvalue weighted by atomic mass is 16.4. The molecule has 0 saturated carbocycles. The molecule has 128 valence electrons. The third kappa shape index (κ3) is 3.82. The predicted octanol–water partition coefficient (Wildman–Crippen LogP) is 2.63. The second kappa shape index (κ2) is 7.77. The molecule has 0 spiro atoms. The Kier molecular flexibility index (Phi) is 5.73. The molecule has 2 amide bonds. The summed E-state index contributed by atoms with van der Waals surface area (Å²) < 4.78 is 5.36. The largest absolute Gasteiger partial charge is 0.436 e. The second-order valence-corrected chi connectivity index (χ2v) is 5.48. The van der Waals surface area contributed by atoms with E-state index in [2.05, 4.69) is 10.3 Å². The van der Waals surface area contributed by atoms with Crippen molar-refractivity contribution in [1.82, 2.24) is 15.2 Å². The van der Waals surface area contributed by atoms with Gasteiger partial charge in [-0.3, -0.25) is 9.59 Å². The lowest BCUT2D eigenvalue weighted by atomic mass is 10.1. The molecular weight excluding hydrogens is 306 g/mol. The number of likely N-dealkylation sites (N-methyl/N-ethyl adjacent to an activating group) is 1. The first-order valence-corrected chi connectivity index (χ1v) is 8.06. The van der Waals surface area contributed by atoms with Gasteiger partial charge in [0, 0.05) is 20.0 Å². The third-order valence-electron chi connectivity index (χ3n) is 3.84. The van der Waals surface area contributed by atoms with Gasteiger partial charge in [0.05, 0.1) is 5.69 Å². The Hall–Kier alpha value is -2.63. The normalized spacial score (nSPS) is 11.8. The lowest BCUT2D eigenvalue weighted by molar-refractivity contribution is -0.133. The zero-order chi connectivity index (χ0) is 17.7. The molecule has 0 aliphatic heterocycles. The summed E-state index contributed by atoms with van der Waals surface area (Å²) in [5.74, 6) is -0.0272. The van der Waals surface area contributed by atoms with Crippen LogP contribution < -0.4 is 5.32 Å². The lowest BCUT2D eigenvalue weighted by Crippen LogP contribution is -2.43. The van der Waals surface area contributed by atoms with Gasteiger partial charge in [-0.1, -0.05) is 30.3 Å². The molecule has 6 nitrogen and oxygen atoms in total. The monoisotopic (exact) mass is 329 g/mol. The van der Waals surface area contributed by atoms with E-state index >= 15 is 0 Å². The minimum absolute atomic E-state index is 0.140. The first-order chi connectivity index (χ1) is 11.5. The predicted molar refractivity (Wildman–Crippen MR) is 90.6 cm³/mol. The molecule has 2 rings (SSSR count). The minimum Gasteiger partial charge on any atom is -0.436 e. The van der Waals surface area contributed by atoms with Gasteiger partial charge in [-0.05, 0) is 26.3 Å². The summed E-state index contributed by atoms with van der Waals surface area (Å²) in [5, 5.41) is 2.79. The van der Waals surface area contributed by atoms with Crippen LogP contribution >= 0.6 is 0 Å². The SMILES string of the molecule is CCN(CC)C(=O)C(NC(=O)c1oc(C)nc1C)c1ccccc1. The summed E-state index contributed by atoms with van der Waals surface area (Å²) in [6.07, 6.45) is 0. The molecular formula is C18H23N3O3. The number of aryl methyl sites for hydroxylation is 2. The quantitative estimate of drug-likeness (QED) is 0.884. The summed E-state index contributed by atoms with van der Waals surface area (Å²) in [7, 11) is 0. The van der Waals surface area contributed by atoms with E-state index in [0.717, 1.165) is 5.56 Å². The number of amides is 2. The lowest BCUT2D eigenvalue weighted by Gasteiger charge is -2.26. The zero-order valence-electron chi connectivity index (χ0n) is 14.5. The van der Waals surface area contributed by atoms with Crippen molar-refractivity contribution < 1.29 is 14.0 Å². The van der Waals surface area contributed by atoms with Crippen LogP contribution in [0.5, 0.6) is 0 Å². The smallest absolute Gasteiger partial charge is 0.289 e. The van der Waals surface area contributed by atoms with Gasteiger partial charge in [-0.25, -0.2) is 4.98 Å². The number of hydrogen-bond acceptors (Lipinski definition) is 4. The van der Waals surface area contributed by atoms with Crippen LogP contribution in [0.25, 0.3) is 0 Å². The molecule has 1 aromatic carbocycles. The van der Waals surface area contributed by atoms with E-state index in [1.807, 2.05) is 44.2 Å². The number of benzene rings is 1. The second-order valence-electron chi connectivity index (χ2n) is 5.48. The summed E-state index contributed by atoms with van der Waals surface area (Å²) in [5.41, 5.74) is 1.24. The summed E-state index contributed by atoms with van der Waals surface area (Å²) in [6.45, 7) is 8.36. The van der Waals surface area contributed by atoms with Crippen molar-refractivity contribution in [3.8, 4) is 0 Å². The molecule has 0 fully saturated rings. The summed E-state index contributed by atoms with van der Waals surface area (Å²) >= 11 is 0. The average Bonchev–Trinajstić information content (AvgIpc) is 2.92. The van der Waals surface area contributed by atoms with Crippen molar-refractivity contribution in [2.45, 2.75) is 33.7 Å². The van der Waals surface area contributed by atoms with Gasteiger partial charge in [0.2, 0.25) is 11.7 Å². The molecule has 1 heterocycles. The maximum absolute atomic E-state index is 12.8. The van der Waals surface area contributed by atoms with Crippen LogP contribution in [0.2, 0.25) is 0 Å². The van der Waals surface area contributed by atoms with Gasteiger partial charge in [-0.2, -0.15) is 0 Å². The highest BCUT2D eigenvalue weighted by molar-refractivity contribution is 5.96. The molecule has 0 bridgehead atoms. The van der Waals surface area contributed by atoms with Crippen LogP contribution in [0.1, 0.15) is 47.6 Å². The van der Waals surface area contributed by atoms with E-state index in [1.54, 1.807) is 18.7 Å². The molecule has 1 atom stereocenters. The van der Waals surface area contributed by atoms with Crippen LogP contribution in [0.4, 0.5) is 0 Å². The number of rotatable bonds is 6. The zero-order valence-corrected chi connectivity index (χ0v) is 14.5. The molecule has 0 aliphatic carbocycles. The van der Waals surface area contributed by atoms with Gasteiger partial charge in [0.1, 0.15) is 6.04 Å². The van der Waals surface area contributed by atoms with Crippen LogP contribution in [-0.2, 0) is 4.79 Å². The molecule has 6 heteroatoms. The van der Waals surface area contributed by atoms with Crippen molar-refractivity contribution in [3.63, 3.8) is 0 Å². The molecule has 24 heavy (non-hydrogen) atoms. The topological polar surface area (TPSA) is 75.4 Å². The minimum atomic E-state index is -0.761. The van der Waals surface area contributed by atoms with Crippen LogP contribution in [-0.4, -0.2) is 34.8 Å². The molecule has 1 N–H and O–H groups in total. The van der Waals surface area contributed by atoms with E-state index in [9.17, 15) is 9.59 Å². The molecule has 1 aromatic heterocycles. The number of hydrogen-bond donors (Lipinski definition) is 1. The van der Waals surface area contributed by atoms with Crippen LogP contribution in [0, 0.1) is 13.8 Å². The average molecular weight is 329 g/mol. The van der Waals surface area contributed by atoms with Gasteiger partial charge >= 0.3 is 0 Å².